The third kappa shape index (κ3) is 3.49. The Morgan fingerprint density at radius 3 is 3.05 bits per heavy atom. The van der Waals surface area contributed by atoms with Crippen LogP contribution < -0.4 is 4.74 Å². The maximum atomic E-state index is 13.5. The average molecular weight is 297 g/mol. The minimum atomic E-state index is -1.11. The molecule has 0 spiro atoms. The first kappa shape index (κ1) is 15.2. The van der Waals surface area contributed by atoms with Gasteiger partial charge in [0.05, 0.1) is 0 Å². The van der Waals surface area contributed by atoms with Gasteiger partial charge in [-0.2, -0.15) is 0 Å². The third-order valence-corrected chi connectivity index (χ3v) is 2.93. The molecule has 7 heteroatoms. The van der Waals surface area contributed by atoms with Crippen molar-refractivity contribution >= 4 is 11.7 Å². The van der Waals surface area contributed by atoms with Crippen LogP contribution in [0.1, 0.15) is 19.4 Å². The van der Waals surface area contributed by atoms with Crippen LogP contribution in [0.15, 0.2) is 23.4 Å². The highest BCUT2D eigenvalue weighted by atomic mass is 19.1. The zero-order valence-corrected chi connectivity index (χ0v) is 11.7. The summed E-state index contributed by atoms with van der Waals surface area (Å²) in [5, 5.41) is 12.8. The van der Waals surface area contributed by atoms with E-state index in [9.17, 15) is 9.18 Å². The van der Waals surface area contributed by atoms with Gasteiger partial charge < -0.3 is 19.4 Å². The molecule has 0 aromatic heterocycles. The Hall–Kier alpha value is -2.15. The Labute approximate surface area is 121 Å². The molecule has 0 radical (unpaired) electrons. The highest BCUT2D eigenvalue weighted by Gasteiger charge is 2.29. The number of carbonyl (C=O) groups is 1. The summed E-state index contributed by atoms with van der Waals surface area (Å²) in [6.07, 6.45) is -1.50. The van der Waals surface area contributed by atoms with Crippen molar-refractivity contribution in [1.29, 1.82) is 0 Å². The molecular weight excluding hydrogens is 281 g/mol. The van der Waals surface area contributed by atoms with Crippen LogP contribution in [0.5, 0.6) is 5.75 Å². The molecule has 1 aromatic rings. The maximum Gasteiger partial charge on any atom is 0.344 e. The van der Waals surface area contributed by atoms with Crippen LogP contribution in [-0.4, -0.2) is 42.2 Å². The number of aliphatic carboxylic acids is 1. The number of halogens is 1. The van der Waals surface area contributed by atoms with Crippen LogP contribution in [0.3, 0.4) is 0 Å². The summed E-state index contributed by atoms with van der Waals surface area (Å²) < 4.78 is 24.3. The number of ether oxygens (including phenoxy) is 2. The number of oxime groups is 1. The molecule has 1 unspecified atom stereocenters. The second-order valence-electron chi connectivity index (χ2n) is 4.46. The van der Waals surface area contributed by atoms with Gasteiger partial charge in [-0.15, -0.1) is 0 Å². The van der Waals surface area contributed by atoms with Crippen molar-refractivity contribution in [3.63, 3.8) is 0 Å². The van der Waals surface area contributed by atoms with Gasteiger partial charge in [0.15, 0.2) is 6.10 Å². The minimum Gasteiger partial charge on any atom is -0.479 e. The van der Waals surface area contributed by atoms with Gasteiger partial charge >= 0.3 is 5.97 Å². The number of nitrogens with zero attached hydrogens (tertiary/aromatic N) is 1. The van der Waals surface area contributed by atoms with Crippen molar-refractivity contribution in [1.82, 2.24) is 0 Å². The predicted octanol–water partition coefficient (Wildman–Crippen LogP) is 1.82. The lowest BCUT2D eigenvalue weighted by Crippen LogP contribution is -2.27. The topological polar surface area (TPSA) is 77.3 Å². The van der Waals surface area contributed by atoms with Crippen LogP contribution in [0.2, 0.25) is 0 Å². The summed E-state index contributed by atoms with van der Waals surface area (Å²) in [5.74, 6) is -1.37. The molecule has 1 aliphatic rings. The summed E-state index contributed by atoms with van der Waals surface area (Å²) in [7, 11) is 0. The molecule has 0 amide bonds. The van der Waals surface area contributed by atoms with Crippen molar-refractivity contribution in [3.8, 4) is 5.75 Å². The van der Waals surface area contributed by atoms with Crippen molar-refractivity contribution in [2.45, 2.75) is 26.1 Å². The standard InChI is InChI=1S/C14H16FNO5/c1-3-19-12-7-20-16-13(12)10-6-9(15)4-5-11(10)21-8(2)14(17)18/h4-6,8,12H,3,7H2,1-2H3,(H,17,18)/t8-,12?/m0/s1. The first-order chi connectivity index (χ1) is 10.0. The molecule has 1 aliphatic heterocycles. The fourth-order valence-corrected chi connectivity index (χ4v) is 1.91. The molecule has 6 nitrogen and oxygen atoms in total. The molecule has 1 N–H and O–H groups in total. The Bertz CT molecular complexity index is 560. The van der Waals surface area contributed by atoms with Gasteiger partial charge in [-0.3, -0.25) is 0 Å². The SMILES string of the molecule is CCOC1CON=C1c1cc(F)ccc1O[C@@H](C)C(=O)O. The zero-order chi connectivity index (χ0) is 15.4. The summed E-state index contributed by atoms with van der Waals surface area (Å²) in [4.78, 5) is 15.9. The van der Waals surface area contributed by atoms with E-state index >= 15 is 0 Å². The van der Waals surface area contributed by atoms with Gasteiger partial charge in [-0.25, -0.2) is 9.18 Å². The summed E-state index contributed by atoms with van der Waals surface area (Å²) in [5.41, 5.74) is 0.725. The number of carboxylic acid groups (broad SMARTS) is 1. The Kier molecular flexibility index (Phi) is 4.74. The molecule has 0 saturated carbocycles. The van der Waals surface area contributed by atoms with Crippen LogP contribution >= 0.6 is 0 Å². The average Bonchev–Trinajstić information content (AvgIpc) is 2.89. The van der Waals surface area contributed by atoms with Gasteiger partial charge in [-0.1, -0.05) is 5.16 Å². The van der Waals surface area contributed by atoms with Gasteiger partial charge in [0.25, 0.3) is 0 Å². The van der Waals surface area contributed by atoms with E-state index in [2.05, 4.69) is 5.16 Å². The smallest absolute Gasteiger partial charge is 0.344 e. The van der Waals surface area contributed by atoms with E-state index < -0.39 is 24.0 Å². The predicted molar refractivity (Wildman–Crippen MR) is 72.0 cm³/mol. The van der Waals surface area contributed by atoms with Crippen LogP contribution in [0.4, 0.5) is 4.39 Å². The zero-order valence-electron chi connectivity index (χ0n) is 11.7. The lowest BCUT2D eigenvalue weighted by Gasteiger charge is -2.16. The molecule has 0 aliphatic carbocycles. The van der Waals surface area contributed by atoms with Crippen molar-refractivity contribution in [2.24, 2.45) is 5.16 Å². The van der Waals surface area contributed by atoms with Gasteiger partial charge in [0, 0.05) is 12.2 Å². The van der Waals surface area contributed by atoms with Gasteiger partial charge in [-0.05, 0) is 32.0 Å². The number of benzene rings is 1. The van der Waals surface area contributed by atoms with Gasteiger partial charge in [0.2, 0.25) is 0 Å². The monoisotopic (exact) mass is 297 g/mol. The molecule has 114 valence electrons. The molecule has 21 heavy (non-hydrogen) atoms. The fraction of sp³-hybridized carbons (Fsp3) is 0.429. The van der Waals surface area contributed by atoms with Crippen LogP contribution in [0.25, 0.3) is 0 Å². The van der Waals surface area contributed by atoms with E-state index in [-0.39, 0.29) is 12.4 Å². The number of hydrogen-bond donors (Lipinski definition) is 1. The summed E-state index contributed by atoms with van der Waals surface area (Å²) in [6.45, 7) is 3.89. The van der Waals surface area contributed by atoms with Crippen LogP contribution in [0, 0.1) is 5.82 Å². The van der Waals surface area contributed by atoms with Crippen molar-refractivity contribution in [3.05, 3.63) is 29.6 Å². The third-order valence-electron chi connectivity index (χ3n) is 2.93. The second-order valence-corrected chi connectivity index (χ2v) is 4.46. The van der Waals surface area contributed by atoms with E-state index in [0.717, 1.165) is 0 Å². The minimum absolute atomic E-state index is 0.222. The number of rotatable bonds is 6. The van der Waals surface area contributed by atoms with Crippen molar-refractivity contribution in [2.75, 3.05) is 13.2 Å². The normalized spacial score (nSPS) is 18.8. The Morgan fingerprint density at radius 2 is 2.38 bits per heavy atom. The van der Waals surface area contributed by atoms with Crippen molar-refractivity contribution < 1.29 is 28.6 Å². The first-order valence-corrected chi connectivity index (χ1v) is 6.53. The first-order valence-electron chi connectivity index (χ1n) is 6.53. The van der Waals surface area contributed by atoms with E-state index in [1.807, 2.05) is 6.92 Å². The number of carboxylic acids is 1. The number of hydrogen-bond acceptors (Lipinski definition) is 5. The quantitative estimate of drug-likeness (QED) is 0.866. The lowest BCUT2D eigenvalue weighted by atomic mass is 10.0. The Morgan fingerprint density at radius 1 is 1.62 bits per heavy atom. The summed E-state index contributed by atoms with van der Waals surface area (Å²) >= 11 is 0. The molecule has 0 saturated heterocycles. The van der Waals surface area contributed by atoms with Crippen LogP contribution in [-0.2, 0) is 14.4 Å². The van der Waals surface area contributed by atoms with E-state index in [4.69, 9.17) is 19.4 Å². The van der Waals surface area contributed by atoms with E-state index in [1.54, 1.807) is 0 Å². The molecule has 1 aromatic carbocycles. The summed E-state index contributed by atoms with van der Waals surface area (Å²) in [6, 6.07) is 3.79. The Balaban J connectivity index is 2.33. The molecule has 2 atom stereocenters. The van der Waals surface area contributed by atoms with E-state index in [0.29, 0.717) is 17.9 Å². The second kappa shape index (κ2) is 6.53. The fourth-order valence-electron chi connectivity index (χ4n) is 1.91. The molecule has 2 rings (SSSR count). The largest absolute Gasteiger partial charge is 0.479 e. The molecule has 1 heterocycles. The highest BCUT2D eigenvalue weighted by Crippen LogP contribution is 2.26. The molecular formula is C14H16FNO5. The molecule has 0 fully saturated rings. The van der Waals surface area contributed by atoms with E-state index in [1.165, 1.54) is 25.1 Å². The van der Waals surface area contributed by atoms with Gasteiger partial charge in [0.1, 0.15) is 30.0 Å². The lowest BCUT2D eigenvalue weighted by molar-refractivity contribution is -0.144. The highest BCUT2D eigenvalue weighted by molar-refractivity contribution is 6.06. The molecule has 0 bridgehead atoms. The maximum absolute atomic E-state index is 13.5.